The van der Waals surface area contributed by atoms with E-state index in [-0.39, 0.29) is 11.7 Å². The van der Waals surface area contributed by atoms with Gasteiger partial charge >= 0.3 is 0 Å². The number of hydrogen-bond acceptors (Lipinski definition) is 3. The molecule has 0 radical (unpaired) electrons. The first-order valence-electron chi connectivity index (χ1n) is 6.35. The van der Waals surface area contributed by atoms with E-state index in [9.17, 15) is 14.3 Å². The molecule has 1 N–H and O–H groups in total. The third kappa shape index (κ3) is 2.34. The molecule has 4 nitrogen and oxygen atoms in total. The Morgan fingerprint density at radius 2 is 2.10 bits per heavy atom. The number of benzene rings is 1. The second-order valence-electron chi connectivity index (χ2n) is 4.80. The summed E-state index contributed by atoms with van der Waals surface area (Å²) in [5, 5.41) is 9.51. The highest BCUT2D eigenvalue weighted by atomic mass is 19.1. The lowest BCUT2D eigenvalue weighted by atomic mass is 9.99. The van der Waals surface area contributed by atoms with E-state index in [2.05, 4.69) is 4.98 Å². The average molecular weight is 272 g/mol. The van der Waals surface area contributed by atoms with Crippen LogP contribution in [0.1, 0.15) is 21.5 Å². The lowest BCUT2D eigenvalue weighted by molar-refractivity contribution is 0.0733. The van der Waals surface area contributed by atoms with Crippen molar-refractivity contribution in [2.45, 2.75) is 13.0 Å². The van der Waals surface area contributed by atoms with Crippen LogP contribution in [-0.4, -0.2) is 27.4 Å². The molecule has 1 aromatic heterocycles. The van der Waals surface area contributed by atoms with E-state index in [1.54, 1.807) is 17.0 Å². The van der Waals surface area contributed by atoms with E-state index in [4.69, 9.17) is 0 Å². The summed E-state index contributed by atoms with van der Waals surface area (Å²) in [6.45, 7) is 1.01. The van der Waals surface area contributed by atoms with Crippen molar-refractivity contribution >= 4 is 5.91 Å². The van der Waals surface area contributed by atoms with Crippen LogP contribution in [0.3, 0.4) is 0 Å². The van der Waals surface area contributed by atoms with Gasteiger partial charge in [-0.15, -0.1) is 0 Å². The summed E-state index contributed by atoms with van der Waals surface area (Å²) in [5.41, 5.74) is 2.35. The zero-order valence-corrected chi connectivity index (χ0v) is 10.7. The van der Waals surface area contributed by atoms with Crippen molar-refractivity contribution in [3.63, 3.8) is 0 Å². The van der Waals surface area contributed by atoms with E-state index >= 15 is 0 Å². The number of nitrogens with zero attached hydrogens (tertiary/aromatic N) is 2. The van der Waals surface area contributed by atoms with Crippen LogP contribution in [0, 0.1) is 5.95 Å². The van der Waals surface area contributed by atoms with Crippen molar-refractivity contribution in [1.29, 1.82) is 0 Å². The molecule has 102 valence electrons. The average Bonchev–Trinajstić information content (AvgIpc) is 2.45. The fourth-order valence-electron chi connectivity index (χ4n) is 2.43. The van der Waals surface area contributed by atoms with Crippen LogP contribution in [0.25, 0.3) is 0 Å². The minimum atomic E-state index is -0.661. The minimum absolute atomic E-state index is 0.188. The third-order valence-corrected chi connectivity index (χ3v) is 3.46. The number of pyridine rings is 1. The number of rotatable bonds is 1. The number of phenolic OH excluding ortho intramolecular Hbond substituents is 1. The number of carbonyl (C=O) groups excluding carboxylic acids is 1. The predicted octanol–water partition coefficient (Wildman–Crippen LogP) is 2.12. The molecule has 2 aromatic rings. The van der Waals surface area contributed by atoms with Crippen LogP contribution in [0.4, 0.5) is 4.39 Å². The number of halogens is 1. The number of aromatic hydroxyl groups is 1. The normalized spacial score (nSPS) is 13.9. The summed E-state index contributed by atoms with van der Waals surface area (Å²) < 4.78 is 13.1. The number of carbonyl (C=O) groups is 1. The van der Waals surface area contributed by atoms with Gasteiger partial charge in [0.25, 0.3) is 5.91 Å². The van der Waals surface area contributed by atoms with Crippen molar-refractivity contribution < 1.29 is 14.3 Å². The molecule has 1 aliphatic rings. The van der Waals surface area contributed by atoms with E-state index in [0.29, 0.717) is 18.7 Å². The fraction of sp³-hybridized carbons (Fsp3) is 0.200. The van der Waals surface area contributed by atoms with Crippen LogP contribution in [-0.2, 0) is 13.0 Å². The van der Waals surface area contributed by atoms with Gasteiger partial charge in [0, 0.05) is 30.9 Å². The van der Waals surface area contributed by atoms with Crippen molar-refractivity contribution in [3.05, 3.63) is 59.2 Å². The second-order valence-corrected chi connectivity index (χ2v) is 4.80. The fourth-order valence-corrected chi connectivity index (χ4v) is 2.43. The van der Waals surface area contributed by atoms with Crippen molar-refractivity contribution in [3.8, 4) is 5.75 Å². The molecule has 0 fully saturated rings. The molecule has 0 spiro atoms. The molecule has 5 heteroatoms. The van der Waals surface area contributed by atoms with Gasteiger partial charge in [-0.2, -0.15) is 4.39 Å². The summed E-state index contributed by atoms with van der Waals surface area (Å²) >= 11 is 0. The molecule has 0 atom stereocenters. The molecule has 3 rings (SSSR count). The van der Waals surface area contributed by atoms with E-state index < -0.39 is 5.95 Å². The summed E-state index contributed by atoms with van der Waals surface area (Å²) in [7, 11) is 0. The highest BCUT2D eigenvalue weighted by Gasteiger charge is 2.22. The van der Waals surface area contributed by atoms with Gasteiger partial charge in [0.05, 0.1) is 0 Å². The van der Waals surface area contributed by atoms with Crippen molar-refractivity contribution in [1.82, 2.24) is 9.88 Å². The van der Waals surface area contributed by atoms with Gasteiger partial charge in [-0.3, -0.25) is 4.79 Å². The maximum absolute atomic E-state index is 13.1. The Labute approximate surface area is 115 Å². The Bertz CT molecular complexity index is 673. The quantitative estimate of drug-likeness (QED) is 0.809. The molecule has 0 saturated heterocycles. The number of fused-ring (bicyclic) bond motifs is 1. The Hall–Kier alpha value is -2.43. The van der Waals surface area contributed by atoms with Crippen LogP contribution < -0.4 is 0 Å². The SMILES string of the molecule is O=C(c1ccnc(F)c1)N1CCc2ccc(O)cc2C1. The van der Waals surface area contributed by atoms with Crippen LogP contribution in [0.5, 0.6) is 5.75 Å². The van der Waals surface area contributed by atoms with Crippen LogP contribution in [0.2, 0.25) is 0 Å². The third-order valence-electron chi connectivity index (χ3n) is 3.46. The van der Waals surface area contributed by atoms with Crippen molar-refractivity contribution in [2.24, 2.45) is 0 Å². The Morgan fingerprint density at radius 1 is 1.25 bits per heavy atom. The summed E-state index contributed by atoms with van der Waals surface area (Å²) in [5.74, 6) is -0.695. The van der Waals surface area contributed by atoms with Gasteiger partial charge in [0.1, 0.15) is 5.75 Å². The standard InChI is InChI=1S/C15H13FN2O2/c16-14-8-11(3-5-17-14)15(20)18-6-4-10-1-2-13(19)7-12(10)9-18/h1-3,5,7-8,19H,4,6,9H2. The smallest absolute Gasteiger partial charge is 0.254 e. The minimum Gasteiger partial charge on any atom is -0.508 e. The Morgan fingerprint density at radius 3 is 2.90 bits per heavy atom. The molecule has 0 aliphatic carbocycles. The van der Waals surface area contributed by atoms with E-state index in [1.165, 1.54) is 12.3 Å². The number of hydrogen-bond donors (Lipinski definition) is 1. The molecule has 0 unspecified atom stereocenters. The highest BCUT2D eigenvalue weighted by molar-refractivity contribution is 5.94. The maximum Gasteiger partial charge on any atom is 0.254 e. The van der Waals surface area contributed by atoms with Gasteiger partial charge in [-0.25, -0.2) is 4.98 Å². The summed E-state index contributed by atoms with van der Waals surface area (Å²) in [6.07, 6.45) is 2.02. The second kappa shape index (κ2) is 4.92. The molecule has 20 heavy (non-hydrogen) atoms. The number of phenols is 1. The summed E-state index contributed by atoms with van der Waals surface area (Å²) in [4.78, 5) is 17.4. The Kier molecular flexibility index (Phi) is 3.10. The first kappa shape index (κ1) is 12.6. The molecular weight excluding hydrogens is 259 g/mol. The van der Waals surface area contributed by atoms with Crippen molar-refractivity contribution in [2.75, 3.05) is 6.54 Å². The number of aromatic nitrogens is 1. The zero-order valence-electron chi connectivity index (χ0n) is 10.7. The molecule has 1 aliphatic heterocycles. The zero-order chi connectivity index (χ0) is 14.1. The van der Waals surface area contributed by atoms with Gasteiger partial charge in [0.2, 0.25) is 5.95 Å². The molecule has 0 bridgehead atoms. The maximum atomic E-state index is 13.1. The first-order chi connectivity index (χ1) is 9.63. The molecule has 2 heterocycles. The Balaban J connectivity index is 1.84. The van der Waals surface area contributed by atoms with Gasteiger partial charge in [-0.05, 0) is 35.7 Å². The van der Waals surface area contributed by atoms with E-state index in [1.807, 2.05) is 6.07 Å². The highest BCUT2D eigenvalue weighted by Crippen LogP contribution is 2.24. The molecule has 1 aromatic carbocycles. The molecular formula is C15H13FN2O2. The molecule has 1 amide bonds. The van der Waals surface area contributed by atoms with Crippen LogP contribution in [0.15, 0.2) is 36.5 Å². The topological polar surface area (TPSA) is 53.4 Å². The number of amides is 1. The summed E-state index contributed by atoms with van der Waals surface area (Å²) in [6, 6.07) is 7.83. The molecule has 0 saturated carbocycles. The van der Waals surface area contributed by atoms with Gasteiger partial charge in [-0.1, -0.05) is 6.07 Å². The monoisotopic (exact) mass is 272 g/mol. The lowest BCUT2D eigenvalue weighted by Gasteiger charge is -2.29. The predicted molar refractivity (Wildman–Crippen MR) is 70.7 cm³/mol. The van der Waals surface area contributed by atoms with E-state index in [0.717, 1.165) is 23.6 Å². The van der Waals surface area contributed by atoms with Gasteiger partial charge < -0.3 is 10.0 Å². The van der Waals surface area contributed by atoms with Crippen LogP contribution >= 0.6 is 0 Å². The largest absolute Gasteiger partial charge is 0.508 e. The first-order valence-corrected chi connectivity index (χ1v) is 6.35. The lowest BCUT2D eigenvalue weighted by Crippen LogP contribution is -2.36. The van der Waals surface area contributed by atoms with Gasteiger partial charge in [0.15, 0.2) is 0 Å².